The third-order valence-electron chi connectivity index (χ3n) is 4.99. The zero-order valence-electron chi connectivity index (χ0n) is 15.6. The molecule has 2 atom stereocenters. The first-order chi connectivity index (χ1) is 13.2. The molecule has 1 aliphatic rings. The van der Waals surface area contributed by atoms with Gasteiger partial charge in [-0.05, 0) is 42.0 Å². The average Bonchev–Trinajstić information content (AvgIpc) is 2.72. The highest BCUT2D eigenvalue weighted by Crippen LogP contribution is 2.32. The molecular weight excluding hydrogens is 328 g/mol. The van der Waals surface area contributed by atoms with Crippen LogP contribution in [-0.2, 0) is 0 Å². The molecule has 0 bridgehead atoms. The molecule has 0 radical (unpaired) electrons. The lowest BCUT2D eigenvalue weighted by molar-refractivity contribution is 0.398. The Morgan fingerprint density at radius 1 is 1.07 bits per heavy atom. The summed E-state index contributed by atoms with van der Waals surface area (Å²) in [6, 6.07) is 18.3. The van der Waals surface area contributed by atoms with E-state index in [0.717, 1.165) is 35.2 Å². The van der Waals surface area contributed by atoms with E-state index in [4.69, 9.17) is 11.8 Å². The van der Waals surface area contributed by atoms with Crippen LogP contribution in [0.25, 0.3) is 11.1 Å². The van der Waals surface area contributed by atoms with Crippen LogP contribution in [0.1, 0.15) is 25.3 Å². The molecule has 2 nitrogen and oxygen atoms in total. The van der Waals surface area contributed by atoms with E-state index in [-0.39, 0.29) is 5.92 Å². The van der Waals surface area contributed by atoms with Gasteiger partial charge in [0.25, 0.3) is 0 Å². The van der Waals surface area contributed by atoms with Crippen LogP contribution in [0.15, 0.2) is 83.5 Å². The standard InChI is InChI=1S/C25H24N2/c1-3-16-27-25(23-15-8-7-10-19(23)2)18-24(26)22-14-9-13-21(17-22)20-11-5-4-6-12-20/h1,4-9,11-14,16-19,23,26H,10,15H2,2H3/b25-18-,26-24?,27-16+. The number of hydrogen-bond acceptors (Lipinski definition) is 2. The Labute approximate surface area is 161 Å². The van der Waals surface area contributed by atoms with Gasteiger partial charge in [0.2, 0.25) is 0 Å². The third kappa shape index (κ3) is 4.71. The quantitative estimate of drug-likeness (QED) is 0.394. The van der Waals surface area contributed by atoms with Crippen molar-refractivity contribution in [3.8, 4) is 23.5 Å². The molecule has 3 rings (SSSR count). The predicted octanol–water partition coefficient (Wildman–Crippen LogP) is 5.91. The van der Waals surface area contributed by atoms with Crippen molar-refractivity contribution < 1.29 is 0 Å². The molecule has 2 aromatic carbocycles. The SMILES string of the molecule is C#C/C=N/C(=C\C(=N)c1cccc(-c2ccccc2)c1)C1CC=CCC1C. The van der Waals surface area contributed by atoms with E-state index >= 15 is 0 Å². The highest BCUT2D eigenvalue weighted by atomic mass is 14.7. The van der Waals surface area contributed by atoms with E-state index < -0.39 is 0 Å². The van der Waals surface area contributed by atoms with Gasteiger partial charge in [0.15, 0.2) is 0 Å². The summed E-state index contributed by atoms with van der Waals surface area (Å²) < 4.78 is 0. The van der Waals surface area contributed by atoms with E-state index in [0.29, 0.717) is 11.6 Å². The van der Waals surface area contributed by atoms with Crippen LogP contribution in [0.4, 0.5) is 0 Å². The highest BCUT2D eigenvalue weighted by molar-refractivity contribution is 6.07. The Kier molecular flexibility index (Phi) is 6.18. The minimum absolute atomic E-state index is 0.289. The van der Waals surface area contributed by atoms with Crippen LogP contribution in [0.5, 0.6) is 0 Å². The Morgan fingerprint density at radius 2 is 1.81 bits per heavy atom. The smallest absolute Gasteiger partial charge is 0.0767 e. The van der Waals surface area contributed by atoms with E-state index in [1.807, 2.05) is 36.4 Å². The lowest BCUT2D eigenvalue weighted by Gasteiger charge is -2.25. The second kappa shape index (κ2) is 8.96. The van der Waals surface area contributed by atoms with E-state index in [1.54, 1.807) is 0 Å². The van der Waals surface area contributed by atoms with Gasteiger partial charge in [-0.25, -0.2) is 0 Å². The molecule has 0 aromatic heterocycles. The van der Waals surface area contributed by atoms with E-state index in [1.165, 1.54) is 6.21 Å². The van der Waals surface area contributed by atoms with Crippen molar-refractivity contribution in [3.63, 3.8) is 0 Å². The summed E-state index contributed by atoms with van der Waals surface area (Å²) in [5, 5.41) is 8.62. The fourth-order valence-electron chi connectivity index (χ4n) is 3.44. The number of aliphatic imine (C=N–C) groups is 1. The maximum Gasteiger partial charge on any atom is 0.0767 e. The van der Waals surface area contributed by atoms with Crippen LogP contribution in [0.3, 0.4) is 0 Å². The van der Waals surface area contributed by atoms with Crippen molar-refractivity contribution in [1.29, 1.82) is 5.41 Å². The molecular formula is C25H24N2. The Morgan fingerprint density at radius 3 is 2.56 bits per heavy atom. The highest BCUT2D eigenvalue weighted by Gasteiger charge is 2.22. The van der Waals surface area contributed by atoms with Gasteiger partial charge in [-0.3, -0.25) is 4.99 Å². The van der Waals surface area contributed by atoms with Crippen molar-refractivity contribution in [2.75, 3.05) is 0 Å². The zero-order chi connectivity index (χ0) is 19.1. The maximum atomic E-state index is 8.62. The lowest BCUT2D eigenvalue weighted by Crippen LogP contribution is -2.16. The molecule has 0 saturated heterocycles. The molecule has 0 amide bonds. The van der Waals surface area contributed by atoms with Crippen molar-refractivity contribution in [1.82, 2.24) is 0 Å². The monoisotopic (exact) mass is 352 g/mol. The summed E-state index contributed by atoms with van der Waals surface area (Å²) >= 11 is 0. The normalized spacial score (nSPS) is 19.8. The second-order valence-electron chi connectivity index (χ2n) is 6.88. The van der Waals surface area contributed by atoms with E-state index in [9.17, 15) is 0 Å². The number of terminal acetylenes is 1. The largest absolute Gasteiger partial charge is 0.300 e. The molecule has 2 unspecified atom stereocenters. The van der Waals surface area contributed by atoms with Gasteiger partial charge in [0, 0.05) is 17.2 Å². The summed E-state index contributed by atoms with van der Waals surface area (Å²) in [6.07, 6.45) is 15.1. The molecule has 2 heteroatoms. The van der Waals surface area contributed by atoms with Crippen molar-refractivity contribution in [2.24, 2.45) is 16.8 Å². The van der Waals surface area contributed by atoms with Gasteiger partial charge in [-0.15, -0.1) is 6.42 Å². The van der Waals surface area contributed by atoms with Crippen molar-refractivity contribution >= 4 is 11.9 Å². The van der Waals surface area contributed by atoms with Crippen LogP contribution in [-0.4, -0.2) is 11.9 Å². The summed E-state index contributed by atoms with van der Waals surface area (Å²) in [4.78, 5) is 4.49. The molecule has 0 heterocycles. The molecule has 0 saturated carbocycles. The number of nitrogens with zero attached hydrogens (tertiary/aromatic N) is 1. The van der Waals surface area contributed by atoms with Gasteiger partial charge in [0.05, 0.1) is 11.9 Å². The predicted molar refractivity (Wildman–Crippen MR) is 115 cm³/mol. The molecule has 1 aliphatic carbocycles. The van der Waals surface area contributed by atoms with Crippen LogP contribution < -0.4 is 0 Å². The molecule has 0 spiro atoms. The minimum Gasteiger partial charge on any atom is -0.300 e. The first kappa shape index (κ1) is 18.6. The van der Waals surface area contributed by atoms with Crippen molar-refractivity contribution in [3.05, 3.63) is 84.1 Å². The summed E-state index contributed by atoms with van der Waals surface area (Å²) in [5.74, 6) is 3.25. The Hall–Kier alpha value is -3.18. The first-order valence-electron chi connectivity index (χ1n) is 9.28. The molecule has 27 heavy (non-hydrogen) atoms. The lowest BCUT2D eigenvalue weighted by atomic mass is 9.81. The van der Waals surface area contributed by atoms with Gasteiger partial charge in [0.1, 0.15) is 0 Å². The Balaban J connectivity index is 1.92. The van der Waals surface area contributed by atoms with Crippen LogP contribution in [0.2, 0.25) is 0 Å². The third-order valence-corrected chi connectivity index (χ3v) is 4.99. The number of benzene rings is 2. The van der Waals surface area contributed by atoms with Gasteiger partial charge >= 0.3 is 0 Å². The summed E-state index contributed by atoms with van der Waals surface area (Å²) in [7, 11) is 0. The molecule has 1 N–H and O–H groups in total. The number of allylic oxidation sites excluding steroid dienone is 4. The number of hydrogen-bond donors (Lipinski definition) is 1. The van der Waals surface area contributed by atoms with Crippen LogP contribution >= 0.6 is 0 Å². The summed E-state index contributed by atoms with van der Waals surface area (Å²) in [6.45, 7) is 2.23. The molecule has 0 aliphatic heterocycles. The molecule has 0 fully saturated rings. The first-order valence-corrected chi connectivity index (χ1v) is 9.28. The maximum absolute atomic E-state index is 8.62. The molecule has 2 aromatic rings. The molecule has 134 valence electrons. The fraction of sp³-hybridized carbons (Fsp3) is 0.200. The van der Waals surface area contributed by atoms with Gasteiger partial charge in [-0.2, -0.15) is 0 Å². The minimum atomic E-state index is 0.289. The van der Waals surface area contributed by atoms with Crippen LogP contribution in [0, 0.1) is 29.6 Å². The topological polar surface area (TPSA) is 36.2 Å². The number of rotatable bonds is 5. The zero-order valence-corrected chi connectivity index (χ0v) is 15.6. The second-order valence-corrected chi connectivity index (χ2v) is 6.88. The van der Waals surface area contributed by atoms with Crippen molar-refractivity contribution in [2.45, 2.75) is 19.8 Å². The van der Waals surface area contributed by atoms with E-state index in [2.05, 4.69) is 54.3 Å². The summed E-state index contributed by atoms with van der Waals surface area (Å²) in [5.41, 5.74) is 4.48. The number of nitrogens with one attached hydrogen (secondary N) is 1. The Bertz CT molecular complexity index is 926. The average molecular weight is 352 g/mol. The fourth-order valence-corrected chi connectivity index (χ4v) is 3.44. The van der Waals surface area contributed by atoms with Gasteiger partial charge < -0.3 is 5.41 Å². The van der Waals surface area contributed by atoms with Gasteiger partial charge in [-0.1, -0.05) is 73.5 Å².